The van der Waals surface area contributed by atoms with Crippen LogP contribution in [-0.2, 0) is 16.8 Å². The fourth-order valence-electron chi connectivity index (χ4n) is 0.489. The van der Waals surface area contributed by atoms with E-state index in [9.17, 15) is 4.79 Å². The van der Waals surface area contributed by atoms with Gasteiger partial charge in [-0.3, -0.25) is 0 Å². The van der Waals surface area contributed by atoms with E-state index in [1.165, 1.54) is 12.3 Å². The monoisotopic (exact) mass is 182 g/mol. The molecule has 0 saturated heterocycles. The van der Waals surface area contributed by atoms with Crippen molar-refractivity contribution < 1.29 is 26.7 Å². The normalized spacial score (nSPS) is 8.00. The minimum absolute atomic E-state index is 0. The van der Waals surface area contributed by atoms with Crippen LogP contribution < -0.4 is 0 Å². The van der Waals surface area contributed by atoms with Crippen LogP contribution in [0.5, 0.6) is 0 Å². The number of rotatable bonds is 1. The SMILES string of the molecule is O=C(O)c1ccccn1.[Co]. The van der Waals surface area contributed by atoms with E-state index < -0.39 is 5.97 Å². The predicted octanol–water partition coefficient (Wildman–Crippen LogP) is 0.777. The van der Waals surface area contributed by atoms with Gasteiger partial charge in [-0.05, 0) is 12.1 Å². The van der Waals surface area contributed by atoms with Crippen LogP contribution in [0, 0.1) is 0 Å². The molecule has 0 aliphatic rings. The smallest absolute Gasteiger partial charge is 0.354 e. The second-order valence-corrected chi connectivity index (χ2v) is 1.52. The van der Waals surface area contributed by atoms with Crippen molar-refractivity contribution in [3.05, 3.63) is 30.1 Å². The molecule has 4 heteroatoms. The fourth-order valence-corrected chi connectivity index (χ4v) is 0.489. The maximum Gasteiger partial charge on any atom is 0.354 e. The molecule has 0 aromatic carbocycles. The summed E-state index contributed by atoms with van der Waals surface area (Å²) in [7, 11) is 0. The number of carbonyl (C=O) groups is 1. The van der Waals surface area contributed by atoms with Crippen molar-refractivity contribution in [3.63, 3.8) is 0 Å². The van der Waals surface area contributed by atoms with Crippen LogP contribution in [0.1, 0.15) is 10.5 Å². The number of aromatic carboxylic acids is 1. The summed E-state index contributed by atoms with van der Waals surface area (Å²) in [5.41, 5.74) is 0.0810. The Morgan fingerprint density at radius 2 is 2.20 bits per heavy atom. The van der Waals surface area contributed by atoms with Gasteiger partial charge in [-0.25, -0.2) is 9.78 Å². The largest absolute Gasteiger partial charge is 0.477 e. The summed E-state index contributed by atoms with van der Waals surface area (Å²) >= 11 is 0. The van der Waals surface area contributed by atoms with Crippen LogP contribution in [0.2, 0.25) is 0 Å². The standard InChI is InChI=1S/C6H5NO2.Co/c8-6(9)5-3-1-2-4-7-5;/h1-4H,(H,8,9);. The molecule has 0 spiro atoms. The molecule has 0 fully saturated rings. The van der Waals surface area contributed by atoms with Gasteiger partial charge < -0.3 is 5.11 Å². The van der Waals surface area contributed by atoms with E-state index in [1.54, 1.807) is 12.1 Å². The molecular formula is C6H5CoNO2. The van der Waals surface area contributed by atoms with Gasteiger partial charge in [-0.15, -0.1) is 0 Å². The maximum atomic E-state index is 10.1. The van der Waals surface area contributed by atoms with Crippen molar-refractivity contribution in [1.82, 2.24) is 4.98 Å². The Balaban J connectivity index is 0.000000810. The summed E-state index contributed by atoms with van der Waals surface area (Å²) in [6.07, 6.45) is 1.45. The predicted molar refractivity (Wildman–Crippen MR) is 31.2 cm³/mol. The molecule has 0 aliphatic carbocycles. The van der Waals surface area contributed by atoms with Gasteiger partial charge in [0.15, 0.2) is 0 Å². The van der Waals surface area contributed by atoms with E-state index in [1.807, 2.05) is 0 Å². The van der Waals surface area contributed by atoms with Crippen LogP contribution in [0.15, 0.2) is 24.4 Å². The number of carboxylic acids is 1. The summed E-state index contributed by atoms with van der Waals surface area (Å²) < 4.78 is 0. The van der Waals surface area contributed by atoms with E-state index in [0.29, 0.717) is 0 Å². The van der Waals surface area contributed by atoms with Gasteiger partial charge in [0.25, 0.3) is 0 Å². The summed E-state index contributed by atoms with van der Waals surface area (Å²) in [5, 5.41) is 8.32. The second-order valence-electron chi connectivity index (χ2n) is 1.52. The third kappa shape index (κ3) is 2.16. The van der Waals surface area contributed by atoms with Gasteiger partial charge in [0.1, 0.15) is 5.69 Å². The molecule has 3 nitrogen and oxygen atoms in total. The molecule has 0 unspecified atom stereocenters. The summed E-state index contributed by atoms with van der Waals surface area (Å²) in [5.74, 6) is -0.990. The Hall–Kier alpha value is -0.874. The number of carboxylic acid groups (broad SMARTS) is 1. The molecule has 0 amide bonds. The third-order valence-corrected chi connectivity index (χ3v) is 0.884. The number of nitrogens with zero attached hydrogens (tertiary/aromatic N) is 1. The molecule has 55 valence electrons. The zero-order valence-corrected chi connectivity index (χ0v) is 5.99. The van der Waals surface area contributed by atoms with Crippen LogP contribution in [0.4, 0.5) is 0 Å². The van der Waals surface area contributed by atoms with E-state index >= 15 is 0 Å². The summed E-state index contributed by atoms with van der Waals surface area (Å²) in [4.78, 5) is 13.7. The van der Waals surface area contributed by atoms with Crippen LogP contribution in [0.3, 0.4) is 0 Å². The van der Waals surface area contributed by atoms with Crippen molar-refractivity contribution in [2.24, 2.45) is 0 Å². The Morgan fingerprint density at radius 1 is 1.50 bits per heavy atom. The molecule has 0 saturated carbocycles. The first-order valence-corrected chi connectivity index (χ1v) is 2.45. The molecule has 0 bridgehead atoms. The van der Waals surface area contributed by atoms with Crippen LogP contribution in [0.25, 0.3) is 0 Å². The number of hydrogen-bond acceptors (Lipinski definition) is 2. The van der Waals surface area contributed by atoms with Crippen LogP contribution >= 0.6 is 0 Å². The molecule has 1 rings (SSSR count). The average molecular weight is 182 g/mol. The zero-order valence-electron chi connectivity index (χ0n) is 4.95. The topological polar surface area (TPSA) is 50.2 Å². The molecule has 1 heterocycles. The summed E-state index contributed by atoms with van der Waals surface area (Å²) in [6, 6.07) is 4.76. The number of hydrogen-bond donors (Lipinski definition) is 1. The molecular weight excluding hydrogens is 177 g/mol. The van der Waals surface area contributed by atoms with E-state index in [2.05, 4.69) is 4.98 Å². The Morgan fingerprint density at radius 3 is 2.50 bits per heavy atom. The fraction of sp³-hybridized carbons (Fsp3) is 0. The quantitative estimate of drug-likeness (QED) is 0.697. The Bertz CT molecular complexity index is 212. The number of pyridine rings is 1. The molecule has 1 aromatic rings. The third-order valence-electron chi connectivity index (χ3n) is 0.884. The van der Waals surface area contributed by atoms with Gasteiger partial charge in [0.2, 0.25) is 0 Å². The minimum atomic E-state index is -0.990. The van der Waals surface area contributed by atoms with Crippen molar-refractivity contribution >= 4 is 5.97 Å². The Kier molecular flexibility index (Phi) is 3.67. The van der Waals surface area contributed by atoms with Gasteiger partial charge in [-0.1, -0.05) is 6.07 Å². The molecule has 0 aliphatic heterocycles. The van der Waals surface area contributed by atoms with Gasteiger partial charge in [-0.2, -0.15) is 0 Å². The second kappa shape index (κ2) is 4.02. The Labute approximate surface area is 68.3 Å². The maximum absolute atomic E-state index is 10.1. The minimum Gasteiger partial charge on any atom is -0.477 e. The average Bonchev–Trinajstić information content (AvgIpc) is 1.90. The zero-order chi connectivity index (χ0) is 6.69. The molecule has 10 heavy (non-hydrogen) atoms. The van der Waals surface area contributed by atoms with E-state index in [0.717, 1.165) is 0 Å². The molecule has 1 N–H and O–H groups in total. The van der Waals surface area contributed by atoms with E-state index in [4.69, 9.17) is 5.11 Å². The molecule has 1 radical (unpaired) electrons. The van der Waals surface area contributed by atoms with Gasteiger partial charge in [0, 0.05) is 23.0 Å². The van der Waals surface area contributed by atoms with Crippen molar-refractivity contribution in [2.75, 3.05) is 0 Å². The van der Waals surface area contributed by atoms with Crippen molar-refractivity contribution in [3.8, 4) is 0 Å². The molecule has 0 atom stereocenters. The summed E-state index contributed by atoms with van der Waals surface area (Å²) in [6.45, 7) is 0. The van der Waals surface area contributed by atoms with Gasteiger partial charge in [0.05, 0.1) is 0 Å². The first-order valence-electron chi connectivity index (χ1n) is 2.45. The van der Waals surface area contributed by atoms with E-state index in [-0.39, 0.29) is 22.5 Å². The van der Waals surface area contributed by atoms with Gasteiger partial charge >= 0.3 is 5.97 Å². The first kappa shape index (κ1) is 9.13. The van der Waals surface area contributed by atoms with Crippen molar-refractivity contribution in [1.29, 1.82) is 0 Å². The number of aromatic nitrogens is 1. The first-order chi connectivity index (χ1) is 4.30. The van der Waals surface area contributed by atoms with Crippen molar-refractivity contribution in [2.45, 2.75) is 0 Å². The van der Waals surface area contributed by atoms with Crippen LogP contribution in [-0.4, -0.2) is 16.1 Å². The molecule has 1 aromatic heterocycles.